The number of ether oxygens (including phenoxy) is 1. The van der Waals surface area contributed by atoms with Gasteiger partial charge in [-0.15, -0.1) is 0 Å². The van der Waals surface area contributed by atoms with E-state index in [1.807, 2.05) is 30.5 Å². The highest BCUT2D eigenvalue weighted by atomic mass is 16.5. The van der Waals surface area contributed by atoms with E-state index in [-0.39, 0.29) is 5.91 Å². The van der Waals surface area contributed by atoms with Crippen LogP contribution in [-0.4, -0.2) is 49.1 Å². The number of nitrogens with zero attached hydrogens (tertiary/aromatic N) is 1. The van der Waals surface area contributed by atoms with Gasteiger partial charge in [0.05, 0.1) is 6.04 Å². The zero-order valence-electron chi connectivity index (χ0n) is 12.6. The number of carbonyl (C=O) groups excluding carboxylic acids is 1. The lowest BCUT2D eigenvalue weighted by Gasteiger charge is -2.21. The molecule has 5 heteroatoms. The van der Waals surface area contributed by atoms with Crippen molar-refractivity contribution in [3.05, 3.63) is 36.0 Å². The van der Waals surface area contributed by atoms with Crippen LogP contribution in [0, 0.1) is 0 Å². The van der Waals surface area contributed by atoms with E-state index in [2.05, 4.69) is 4.98 Å². The molecule has 1 aromatic heterocycles. The minimum atomic E-state index is -0.517. The summed E-state index contributed by atoms with van der Waals surface area (Å²) in [6.45, 7) is 1.31. The molecule has 0 saturated heterocycles. The Labute approximate surface area is 125 Å². The van der Waals surface area contributed by atoms with E-state index >= 15 is 0 Å². The van der Waals surface area contributed by atoms with Crippen LogP contribution in [0.5, 0.6) is 0 Å². The number of likely N-dealkylation sites (N-methyl/N-ethyl adjacent to an activating group) is 1. The first-order valence-corrected chi connectivity index (χ1v) is 7.18. The first-order valence-electron chi connectivity index (χ1n) is 7.18. The number of rotatable bonds is 7. The van der Waals surface area contributed by atoms with Gasteiger partial charge in [0.15, 0.2) is 0 Å². The van der Waals surface area contributed by atoms with Crippen molar-refractivity contribution >= 4 is 16.8 Å². The lowest BCUT2D eigenvalue weighted by atomic mass is 10.0. The van der Waals surface area contributed by atoms with Gasteiger partial charge < -0.3 is 20.4 Å². The Kier molecular flexibility index (Phi) is 5.36. The van der Waals surface area contributed by atoms with E-state index < -0.39 is 6.04 Å². The average molecular weight is 289 g/mol. The predicted octanol–water partition coefficient (Wildman–Crippen LogP) is 1.53. The van der Waals surface area contributed by atoms with Crippen LogP contribution in [0.25, 0.3) is 10.9 Å². The normalized spacial score (nSPS) is 12.5. The summed E-state index contributed by atoms with van der Waals surface area (Å²) < 4.78 is 4.99. The summed E-state index contributed by atoms with van der Waals surface area (Å²) >= 11 is 0. The van der Waals surface area contributed by atoms with Crippen molar-refractivity contribution in [1.82, 2.24) is 9.88 Å². The van der Waals surface area contributed by atoms with Crippen molar-refractivity contribution in [2.45, 2.75) is 18.9 Å². The van der Waals surface area contributed by atoms with Gasteiger partial charge in [0.25, 0.3) is 0 Å². The second-order valence-electron chi connectivity index (χ2n) is 5.28. The second-order valence-corrected chi connectivity index (χ2v) is 5.28. The summed E-state index contributed by atoms with van der Waals surface area (Å²) in [5.41, 5.74) is 8.22. The number of benzene rings is 1. The number of aromatic amines is 1. The number of para-hydroxylation sites is 1. The largest absolute Gasteiger partial charge is 0.385 e. The molecule has 2 aromatic rings. The molecule has 1 heterocycles. The number of fused-ring (bicyclic) bond motifs is 1. The van der Waals surface area contributed by atoms with Gasteiger partial charge in [-0.3, -0.25) is 4.79 Å². The van der Waals surface area contributed by atoms with Gasteiger partial charge in [-0.1, -0.05) is 18.2 Å². The third-order valence-corrected chi connectivity index (χ3v) is 3.65. The molecule has 0 saturated carbocycles. The van der Waals surface area contributed by atoms with Crippen LogP contribution in [0.4, 0.5) is 0 Å². The smallest absolute Gasteiger partial charge is 0.239 e. The number of nitrogens with two attached hydrogens (primary N) is 1. The van der Waals surface area contributed by atoms with Gasteiger partial charge in [0, 0.05) is 44.4 Å². The van der Waals surface area contributed by atoms with Crippen LogP contribution in [0.2, 0.25) is 0 Å². The standard InChI is InChI=1S/C16H23N3O2/c1-19(8-5-9-21-2)16(20)14(17)10-12-11-18-15-7-4-3-6-13(12)15/h3-4,6-7,11,14,18H,5,8-10,17H2,1-2H3. The number of carbonyl (C=O) groups is 1. The highest BCUT2D eigenvalue weighted by Crippen LogP contribution is 2.19. The Bertz CT molecular complexity index is 594. The molecule has 5 nitrogen and oxygen atoms in total. The van der Waals surface area contributed by atoms with Crippen LogP contribution >= 0.6 is 0 Å². The third-order valence-electron chi connectivity index (χ3n) is 3.65. The van der Waals surface area contributed by atoms with E-state index in [0.717, 1.165) is 22.9 Å². The molecule has 21 heavy (non-hydrogen) atoms. The van der Waals surface area contributed by atoms with Crippen molar-refractivity contribution in [2.75, 3.05) is 27.3 Å². The highest BCUT2D eigenvalue weighted by Gasteiger charge is 2.19. The van der Waals surface area contributed by atoms with Gasteiger partial charge >= 0.3 is 0 Å². The molecular weight excluding hydrogens is 266 g/mol. The van der Waals surface area contributed by atoms with Crippen LogP contribution in [0.15, 0.2) is 30.5 Å². The maximum Gasteiger partial charge on any atom is 0.239 e. The van der Waals surface area contributed by atoms with E-state index in [1.165, 1.54) is 0 Å². The monoisotopic (exact) mass is 289 g/mol. The molecule has 1 unspecified atom stereocenters. The molecule has 3 N–H and O–H groups in total. The Balaban J connectivity index is 1.97. The number of nitrogens with one attached hydrogen (secondary N) is 1. The summed E-state index contributed by atoms with van der Waals surface area (Å²) in [6.07, 6.45) is 3.29. The van der Waals surface area contributed by atoms with Crippen molar-refractivity contribution in [1.29, 1.82) is 0 Å². The molecule has 1 atom stereocenters. The number of H-pyrrole nitrogens is 1. The van der Waals surface area contributed by atoms with Crippen molar-refractivity contribution in [2.24, 2.45) is 5.73 Å². The zero-order chi connectivity index (χ0) is 15.2. The Morgan fingerprint density at radius 2 is 2.19 bits per heavy atom. The fourth-order valence-corrected chi connectivity index (χ4v) is 2.46. The number of hydrogen-bond donors (Lipinski definition) is 2. The van der Waals surface area contributed by atoms with E-state index in [9.17, 15) is 4.79 Å². The topological polar surface area (TPSA) is 71.3 Å². The maximum absolute atomic E-state index is 12.2. The Hall–Kier alpha value is -1.85. The second kappa shape index (κ2) is 7.24. The molecule has 1 amide bonds. The van der Waals surface area contributed by atoms with Crippen molar-refractivity contribution < 1.29 is 9.53 Å². The third kappa shape index (κ3) is 3.83. The molecule has 0 radical (unpaired) electrons. The predicted molar refractivity (Wildman–Crippen MR) is 84.1 cm³/mol. The van der Waals surface area contributed by atoms with Crippen molar-refractivity contribution in [3.8, 4) is 0 Å². The minimum absolute atomic E-state index is 0.0311. The number of amides is 1. The van der Waals surface area contributed by atoms with Crippen LogP contribution in [0.1, 0.15) is 12.0 Å². The Morgan fingerprint density at radius 1 is 1.43 bits per heavy atom. The molecule has 0 aliphatic carbocycles. The van der Waals surface area contributed by atoms with E-state index in [0.29, 0.717) is 19.6 Å². The molecule has 114 valence electrons. The van der Waals surface area contributed by atoms with Crippen molar-refractivity contribution in [3.63, 3.8) is 0 Å². The summed E-state index contributed by atoms with van der Waals surface area (Å²) in [7, 11) is 3.44. The van der Waals surface area contributed by atoms with Crippen LogP contribution < -0.4 is 5.73 Å². The lowest BCUT2D eigenvalue weighted by molar-refractivity contribution is -0.131. The summed E-state index contributed by atoms with van der Waals surface area (Å²) in [5.74, 6) is -0.0311. The average Bonchev–Trinajstić information content (AvgIpc) is 2.90. The van der Waals surface area contributed by atoms with Gasteiger partial charge in [-0.2, -0.15) is 0 Å². The molecule has 1 aromatic carbocycles. The van der Waals surface area contributed by atoms with Crippen LogP contribution in [-0.2, 0) is 16.0 Å². The van der Waals surface area contributed by atoms with Gasteiger partial charge in [0.2, 0.25) is 5.91 Å². The number of hydrogen-bond acceptors (Lipinski definition) is 3. The quantitative estimate of drug-likeness (QED) is 0.759. The maximum atomic E-state index is 12.2. The van der Waals surface area contributed by atoms with E-state index in [4.69, 9.17) is 10.5 Å². The molecule has 0 bridgehead atoms. The lowest BCUT2D eigenvalue weighted by Crippen LogP contribution is -2.43. The SMILES string of the molecule is COCCCN(C)C(=O)C(N)Cc1c[nH]c2ccccc12. The molecule has 0 fully saturated rings. The fraction of sp³-hybridized carbons (Fsp3) is 0.438. The minimum Gasteiger partial charge on any atom is -0.385 e. The molecule has 0 spiro atoms. The summed E-state index contributed by atoms with van der Waals surface area (Å²) in [4.78, 5) is 17.1. The zero-order valence-corrected chi connectivity index (χ0v) is 12.6. The summed E-state index contributed by atoms with van der Waals surface area (Å²) in [6, 6.07) is 7.52. The Morgan fingerprint density at radius 3 is 2.95 bits per heavy atom. The van der Waals surface area contributed by atoms with Crippen LogP contribution in [0.3, 0.4) is 0 Å². The molecule has 2 rings (SSSR count). The van der Waals surface area contributed by atoms with Gasteiger partial charge in [0.1, 0.15) is 0 Å². The molecular formula is C16H23N3O2. The first kappa shape index (κ1) is 15.5. The molecule has 0 aliphatic heterocycles. The highest BCUT2D eigenvalue weighted by molar-refractivity contribution is 5.86. The van der Waals surface area contributed by atoms with E-state index in [1.54, 1.807) is 19.1 Å². The summed E-state index contributed by atoms with van der Waals surface area (Å²) in [5, 5.41) is 1.13. The van der Waals surface area contributed by atoms with Gasteiger partial charge in [-0.25, -0.2) is 0 Å². The fourth-order valence-electron chi connectivity index (χ4n) is 2.46. The first-order chi connectivity index (χ1) is 10.1. The molecule has 0 aliphatic rings. The number of aromatic nitrogens is 1. The van der Waals surface area contributed by atoms with Gasteiger partial charge in [-0.05, 0) is 24.5 Å². The number of methoxy groups -OCH3 is 1.